The largest absolute Gasteiger partial charge is 0.392 e. The summed E-state index contributed by atoms with van der Waals surface area (Å²) in [5, 5.41) is 8.88. The van der Waals surface area contributed by atoms with Crippen LogP contribution in [0.2, 0.25) is 0 Å². The summed E-state index contributed by atoms with van der Waals surface area (Å²) in [4.78, 5) is 1.25. The lowest BCUT2D eigenvalue weighted by molar-refractivity contribution is 0.281. The molecule has 0 unspecified atom stereocenters. The van der Waals surface area contributed by atoms with E-state index in [2.05, 4.69) is 13.0 Å². The first-order valence-corrected chi connectivity index (χ1v) is 5.18. The first-order chi connectivity index (χ1) is 5.86. The summed E-state index contributed by atoms with van der Waals surface area (Å²) in [6, 6.07) is 8.05. The van der Waals surface area contributed by atoms with Crippen LogP contribution in [0.1, 0.15) is 18.9 Å². The average molecular weight is 182 g/mol. The quantitative estimate of drug-likeness (QED) is 0.722. The van der Waals surface area contributed by atoms with E-state index in [1.165, 1.54) is 11.3 Å². The number of hydrogen-bond acceptors (Lipinski definition) is 2. The maximum atomic E-state index is 8.88. The molecular formula is C10H14OS. The molecule has 1 aromatic rings. The van der Waals surface area contributed by atoms with Crippen molar-refractivity contribution >= 4 is 11.8 Å². The van der Waals surface area contributed by atoms with Gasteiger partial charge in [-0.05, 0) is 29.9 Å². The maximum absolute atomic E-state index is 8.88. The van der Waals surface area contributed by atoms with E-state index >= 15 is 0 Å². The molecule has 0 amide bonds. The molecule has 0 aliphatic heterocycles. The van der Waals surface area contributed by atoms with Crippen LogP contribution in [0.5, 0.6) is 0 Å². The molecule has 0 atom stereocenters. The highest BCUT2D eigenvalue weighted by Crippen LogP contribution is 2.19. The number of hydrogen-bond donors (Lipinski definition) is 1. The Morgan fingerprint density at radius 3 is 2.92 bits per heavy atom. The second kappa shape index (κ2) is 5.22. The maximum Gasteiger partial charge on any atom is 0.0682 e. The lowest BCUT2D eigenvalue weighted by atomic mass is 10.2. The van der Waals surface area contributed by atoms with Gasteiger partial charge in [0.1, 0.15) is 0 Å². The van der Waals surface area contributed by atoms with Crippen LogP contribution >= 0.6 is 11.8 Å². The molecule has 0 aliphatic rings. The Hall–Kier alpha value is -0.470. The first kappa shape index (κ1) is 9.62. The second-order valence-electron chi connectivity index (χ2n) is 2.65. The van der Waals surface area contributed by atoms with Crippen LogP contribution in [0, 0.1) is 0 Å². The Labute approximate surface area is 77.8 Å². The van der Waals surface area contributed by atoms with Crippen LogP contribution in [-0.4, -0.2) is 10.9 Å². The normalized spacial score (nSPS) is 10.2. The first-order valence-electron chi connectivity index (χ1n) is 4.19. The van der Waals surface area contributed by atoms with Crippen molar-refractivity contribution < 1.29 is 5.11 Å². The van der Waals surface area contributed by atoms with Crippen LogP contribution in [-0.2, 0) is 6.61 Å². The molecular weight excluding hydrogens is 168 g/mol. The zero-order valence-electron chi connectivity index (χ0n) is 7.29. The van der Waals surface area contributed by atoms with E-state index in [0.29, 0.717) is 0 Å². The summed E-state index contributed by atoms with van der Waals surface area (Å²) in [7, 11) is 0. The predicted octanol–water partition coefficient (Wildman–Crippen LogP) is 2.68. The van der Waals surface area contributed by atoms with Crippen LogP contribution in [0.3, 0.4) is 0 Å². The summed E-state index contributed by atoms with van der Waals surface area (Å²) in [6.07, 6.45) is 1.19. The lowest BCUT2D eigenvalue weighted by Gasteiger charge is -2.01. The van der Waals surface area contributed by atoms with Gasteiger partial charge in [-0.1, -0.05) is 19.1 Å². The molecule has 0 aliphatic carbocycles. The number of rotatable bonds is 4. The van der Waals surface area contributed by atoms with Crippen molar-refractivity contribution in [1.82, 2.24) is 0 Å². The van der Waals surface area contributed by atoms with Gasteiger partial charge >= 0.3 is 0 Å². The van der Waals surface area contributed by atoms with E-state index in [1.54, 1.807) is 0 Å². The minimum absolute atomic E-state index is 0.139. The highest BCUT2D eigenvalue weighted by Gasteiger charge is 1.94. The molecule has 0 radical (unpaired) electrons. The second-order valence-corrected chi connectivity index (χ2v) is 3.82. The van der Waals surface area contributed by atoms with Gasteiger partial charge in [0.15, 0.2) is 0 Å². The molecule has 0 bridgehead atoms. The molecule has 66 valence electrons. The summed E-state index contributed by atoms with van der Waals surface area (Å²) in [6.45, 7) is 2.31. The van der Waals surface area contributed by atoms with Gasteiger partial charge in [0.2, 0.25) is 0 Å². The van der Waals surface area contributed by atoms with Crippen molar-refractivity contribution in [2.45, 2.75) is 24.8 Å². The Kier molecular flexibility index (Phi) is 4.19. The average Bonchev–Trinajstić information content (AvgIpc) is 2.15. The van der Waals surface area contributed by atoms with Crippen molar-refractivity contribution in [1.29, 1.82) is 0 Å². The SMILES string of the molecule is CCCSc1cccc(CO)c1. The fourth-order valence-electron chi connectivity index (χ4n) is 0.954. The van der Waals surface area contributed by atoms with Crippen molar-refractivity contribution in [2.24, 2.45) is 0 Å². The Balaban J connectivity index is 2.60. The third-order valence-electron chi connectivity index (χ3n) is 1.55. The van der Waals surface area contributed by atoms with Gasteiger partial charge in [-0.3, -0.25) is 0 Å². The van der Waals surface area contributed by atoms with E-state index in [-0.39, 0.29) is 6.61 Å². The van der Waals surface area contributed by atoms with Crippen LogP contribution in [0.15, 0.2) is 29.2 Å². The van der Waals surface area contributed by atoms with Crippen LogP contribution < -0.4 is 0 Å². The van der Waals surface area contributed by atoms with Gasteiger partial charge in [0.05, 0.1) is 6.61 Å². The van der Waals surface area contributed by atoms with E-state index in [4.69, 9.17) is 5.11 Å². The molecule has 2 heteroatoms. The molecule has 1 nitrogen and oxygen atoms in total. The summed E-state index contributed by atoms with van der Waals surface area (Å²) in [5.41, 5.74) is 0.996. The molecule has 1 N–H and O–H groups in total. The summed E-state index contributed by atoms with van der Waals surface area (Å²) in [5.74, 6) is 1.15. The molecule has 1 aromatic carbocycles. The van der Waals surface area contributed by atoms with E-state index in [9.17, 15) is 0 Å². The lowest BCUT2D eigenvalue weighted by Crippen LogP contribution is -1.83. The molecule has 0 fully saturated rings. The Bertz CT molecular complexity index is 235. The molecule has 1 rings (SSSR count). The predicted molar refractivity (Wildman–Crippen MR) is 53.4 cm³/mol. The molecule has 0 saturated carbocycles. The zero-order chi connectivity index (χ0) is 8.81. The van der Waals surface area contributed by atoms with Gasteiger partial charge in [0.25, 0.3) is 0 Å². The Morgan fingerprint density at radius 2 is 2.25 bits per heavy atom. The third-order valence-corrected chi connectivity index (χ3v) is 2.75. The molecule has 0 saturated heterocycles. The fraction of sp³-hybridized carbons (Fsp3) is 0.400. The third kappa shape index (κ3) is 2.88. The van der Waals surface area contributed by atoms with Gasteiger partial charge < -0.3 is 5.11 Å². The highest BCUT2D eigenvalue weighted by atomic mass is 32.2. The zero-order valence-corrected chi connectivity index (χ0v) is 8.10. The number of aliphatic hydroxyl groups is 1. The van der Waals surface area contributed by atoms with Crippen molar-refractivity contribution in [3.05, 3.63) is 29.8 Å². The standard InChI is InChI=1S/C10H14OS/c1-2-6-12-10-5-3-4-9(7-10)8-11/h3-5,7,11H,2,6,8H2,1H3. The minimum atomic E-state index is 0.139. The number of benzene rings is 1. The van der Waals surface area contributed by atoms with Crippen LogP contribution in [0.4, 0.5) is 0 Å². The number of aliphatic hydroxyl groups excluding tert-OH is 1. The highest BCUT2D eigenvalue weighted by molar-refractivity contribution is 7.99. The van der Waals surface area contributed by atoms with Gasteiger partial charge in [-0.25, -0.2) is 0 Å². The van der Waals surface area contributed by atoms with E-state index in [1.807, 2.05) is 30.0 Å². The van der Waals surface area contributed by atoms with Gasteiger partial charge in [0, 0.05) is 4.90 Å². The van der Waals surface area contributed by atoms with Crippen LogP contribution in [0.25, 0.3) is 0 Å². The van der Waals surface area contributed by atoms with E-state index in [0.717, 1.165) is 11.3 Å². The topological polar surface area (TPSA) is 20.2 Å². The monoisotopic (exact) mass is 182 g/mol. The van der Waals surface area contributed by atoms with E-state index < -0.39 is 0 Å². The smallest absolute Gasteiger partial charge is 0.0682 e. The molecule has 12 heavy (non-hydrogen) atoms. The van der Waals surface area contributed by atoms with Crippen molar-refractivity contribution in [3.63, 3.8) is 0 Å². The van der Waals surface area contributed by atoms with Crippen molar-refractivity contribution in [2.75, 3.05) is 5.75 Å². The molecule has 0 aromatic heterocycles. The van der Waals surface area contributed by atoms with Crippen molar-refractivity contribution in [3.8, 4) is 0 Å². The summed E-state index contributed by atoms with van der Waals surface area (Å²) < 4.78 is 0. The van der Waals surface area contributed by atoms with Gasteiger partial charge in [-0.15, -0.1) is 11.8 Å². The molecule has 0 spiro atoms. The Morgan fingerprint density at radius 1 is 1.42 bits per heavy atom. The molecule has 0 heterocycles. The van der Waals surface area contributed by atoms with Gasteiger partial charge in [-0.2, -0.15) is 0 Å². The fourth-order valence-corrected chi connectivity index (χ4v) is 1.80. The number of thioether (sulfide) groups is 1. The summed E-state index contributed by atoms with van der Waals surface area (Å²) >= 11 is 1.84. The minimum Gasteiger partial charge on any atom is -0.392 e.